The van der Waals surface area contributed by atoms with E-state index in [4.69, 9.17) is 4.74 Å². The first kappa shape index (κ1) is 12.7. The molecule has 94 valence electrons. The Kier molecular flexibility index (Phi) is 4.57. The van der Waals surface area contributed by atoms with E-state index in [1.54, 1.807) is 0 Å². The maximum Gasteiger partial charge on any atom is 0.0700 e. The minimum absolute atomic E-state index is 0.138. The van der Waals surface area contributed by atoms with E-state index < -0.39 is 0 Å². The molecule has 2 aliphatic rings. The summed E-state index contributed by atoms with van der Waals surface area (Å²) in [7, 11) is 0. The van der Waals surface area contributed by atoms with Gasteiger partial charge < -0.3 is 9.84 Å². The van der Waals surface area contributed by atoms with Crippen molar-refractivity contribution in [3.05, 3.63) is 0 Å². The summed E-state index contributed by atoms with van der Waals surface area (Å²) in [5.74, 6) is 3.32. The van der Waals surface area contributed by atoms with E-state index in [9.17, 15) is 5.11 Å². The summed E-state index contributed by atoms with van der Waals surface area (Å²) in [4.78, 5) is 0. The Morgan fingerprint density at radius 1 is 1.44 bits per heavy atom. The molecule has 2 fully saturated rings. The molecule has 2 heterocycles. The van der Waals surface area contributed by atoms with Gasteiger partial charge in [-0.25, -0.2) is 0 Å². The molecule has 0 aromatic heterocycles. The maximum atomic E-state index is 9.35. The lowest BCUT2D eigenvalue weighted by Crippen LogP contribution is -2.42. The summed E-state index contributed by atoms with van der Waals surface area (Å²) in [5, 5.41) is 9.35. The van der Waals surface area contributed by atoms with E-state index in [-0.39, 0.29) is 11.7 Å². The number of aliphatic hydroxyl groups is 1. The Morgan fingerprint density at radius 3 is 2.88 bits per heavy atom. The Hall–Kier alpha value is 0.270. The van der Waals surface area contributed by atoms with Crippen molar-refractivity contribution in [1.29, 1.82) is 0 Å². The quantitative estimate of drug-likeness (QED) is 0.828. The predicted molar refractivity (Wildman–Crippen MR) is 68.9 cm³/mol. The molecule has 3 heteroatoms. The molecule has 0 radical (unpaired) electrons. The van der Waals surface area contributed by atoms with E-state index in [0.717, 1.165) is 18.9 Å². The lowest BCUT2D eigenvalue weighted by molar-refractivity contribution is -0.104. The molecule has 0 aliphatic carbocycles. The predicted octanol–water partition coefficient (Wildman–Crippen LogP) is 2.84. The number of ether oxygens (including phenoxy) is 1. The van der Waals surface area contributed by atoms with E-state index in [1.165, 1.54) is 43.6 Å². The second kappa shape index (κ2) is 5.74. The zero-order valence-electron chi connectivity index (χ0n) is 10.3. The second-order valence-corrected chi connectivity index (χ2v) is 6.65. The molecule has 2 nitrogen and oxygen atoms in total. The molecule has 0 saturated carbocycles. The summed E-state index contributed by atoms with van der Waals surface area (Å²) >= 11 is 2.06. The van der Waals surface area contributed by atoms with Crippen LogP contribution in [0.1, 0.15) is 45.4 Å². The van der Waals surface area contributed by atoms with Crippen molar-refractivity contribution >= 4 is 11.8 Å². The van der Waals surface area contributed by atoms with Gasteiger partial charge in [0.1, 0.15) is 0 Å². The van der Waals surface area contributed by atoms with Crippen LogP contribution in [0, 0.1) is 5.92 Å². The monoisotopic (exact) mass is 244 g/mol. The smallest absolute Gasteiger partial charge is 0.0700 e. The van der Waals surface area contributed by atoms with Crippen LogP contribution in [-0.4, -0.2) is 34.9 Å². The molecule has 2 aliphatic heterocycles. The van der Waals surface area contributed by atoms with Crippen LogP contribution in [-0.2, 0) is 4.74 Å². The topological polar surface area (TPSA) is 29.5 Å². The summed E-state index contributed by atoms with van der Waals surface area (Å²) in [6, 6.07) is 0. The summed E-state index contributed by atoms with van der Waals surface area (Å²) in [6.07, 6.45) is 6.90. The molecular formula is C13H24O2S. The first-order valence-corrected chi connectivity index (χ1v) is 7.75. The second-order valence-electron chi connectivity index (χ2n) is 5.43. The summed E-state index contributed by atoms with van der Waals surface area (Å²) < 4.78 is 6.07. The van der Waals surface area contributed by atoms with E-state index in [0.29, 0.717) is 0 Å². The molecule has 16 heavy (non-hydrogen) atoms. The normalized spacial score (nSPS) is 31.5. The van der Waals surface area contributed by atoms with Crippen LogP contribution < -0.4 is 0 Å². The van der Waals surface area contributed by atoms with Crippen molar-refractivity contribution in [2.75, 3.05) is 18.1 Å². The first-order valence-electron chi connectivity index (χ1n) is 6.60. The number of hydrogen-bond acceptors (Lipinski definition) is 3. The average Bonchev–Trinajstić information content (AvgIpc) is 2.28. The third-order valence-corrected chi connectivity index (χ3v) is 4.98. The van der Waals surface area contributed by atoms with Crippen LogP contribution in [0.25, 0.3) is 0 Å². The highest BCUT2D eigenvalue weighted by Crippen LogP contribution is 2.40. The Labute approximate surface area is 103 Å². The molecule has 0 amide bonds. The third kappa shape index (κ3) is 3.38. The van der Waals surface area contributed by atoms with Crippen molar-refractivity contribution in [2.24, 2.45) is 5.92 Å². The fraction of sp³-hybridized carbons (Fsp3) is 1.00. The van der Waals surface area contributed by atoms with Crippen molar-refractivity contribution in [2.45, 2.75) is 57.2 Å². The molecule has 1 spiro atoms. The van der Waals surface area contributed by atoms with Gasteiger partial charge in [0.2, 0.25) is 0 Å². The minimum Gasteiger partial charge on any atom is -0.393 e. The van der Waals surface area contributed by atoms with Gasteiger partial charge in [0, 0.05) is 6.61 Å². The fourth-order valence-corrected chi connectivity index (χ4v) is 4.18. The van der Waals surface area contributed by atoms with Crippen LogP contribution in [0.3, 0.4) is 0 Å². The van der Waals surface area contributed by atoms with Crippen LogP contribution in [0.4, 0.5) is 0 Å². The van der Waals surface area contributed by atoms with Gasteiger partial charge >= 0.3 is 0 Å². The van der Waals surface area contributed by atoms with Crippen LogP contribution in [0.5, 0.6) is 0 Å². The molecular weight excluding hydrogens is 220 g/mol. The van der Waals surface area contributed by atoms with Gasteiger partial charge in [-0.1, -0.05) is 0 Å². The van der Waals surface area contributed by atoms with Crippen molar-refractivity contribution in [3.8, 4) is 0 Å². The lowest BCUT2D eigenvalue weighted by atomic mass is 9.80. The maximum absolute atomic E-state index is 9.35. The van der Waals surface area contributed by atoms with E-state index in [1.807, 2.05) is 6.92 Å². The molecule has 2 atom stereocenters. The zero-order valence-corrected chi connectivity index (χ0v) is 11.1. The largest absolute Gasteiger partial charge is 0.393 e. The van der Waals surface area contributed by atoms with Crippen LogP contribution >= 0.6 is 11.8 Å². The first-order chi connectivity index (χ1) is 7.70. The average molecular weight is 244 g/mol. The minimum atomic E-state index is -0.138. The van der Waals surface area contributed by atoms with Gasteiger partial charge in [-0.2, -0.15) is 11.8 Å². The highest BCUT2D eigenvalue weighted by atomic mass is 32.2. The van der Waals surface area contributed by atoms with Crippen LogP contribution in [0.15, 0.2) is 0 Å². The number of rotatable bonds is 3. The van der Waals surface area contributed by atoms with Crippen molar-refractivity contribution < 1.29 is 9.84 Å². The molecule has 2 saturated heterocycles. The van der Waals surface area contributed by atoms with Crippen LogP contribution in [0.2, 0.25) is 0 Å². The van der Waals surface area contributed by atoms with Gasteiger partial charge in [-0.05, 0) is 62.9 Å². The fourth-order valence-electron chi connectivity index (χ4n) is 2.94. The molecule has 0 aromatic carbocycles. The van der Waals surface area contributed by atoms with E-state index in [2.05, 4.69) is 11.8 Å². The molecule has 1 N–H and O–H groups in total. The third-order valence-electron chi connectivity index (χ3n) is 3.99. The Morgan fingerprint density at radius 2 is 2.19 bits per heavy atom. The summed E-state index contributed by atoms with van der Waals surface area (Å²) in [6.45, 7) is 2.83. The SMILES string of the molecule is CC(O)CCC1CCOC2(CCSCC2)C1. The van der Waals surface area contributed by atoms with Gasteiger partial charge in [0.05, 0.1) is 11.7 Å². The highest BCUT2D eigenvalue weighted by molar-refractivity contribution is 7.99. The Balaban J connectivity index is 1.83. The molecule has 2 unspecified atom stereocenters. The molecule has 0 bridgehead atoms. The zero-order chi connectivity index (χ0) is 11.4. The highest BCUT2D eigenvalue weighted by Gasteiger charge is 2.38. The number of hydrogen-bond donors (Lipinski definition) is 1. The van der Waals surface area contributed by atoms with Gasteiger partial charge in [-0.15, -0.1) is 0 Å². The van der Waals surface area contributed by atoms with Gasteiger partial charge in [-0.3, -0.25) is 0 Å². The Bertz CT molecular complexity index is 206. The summed E-state index contributed by atoms with van der Waals surface area (Å²) in [5.41, 5.74) is 0.215. The van der Waals surface area contributed by atoms with Gasteiger partial charge in [0.15, 0.2) is 0 Å². The van der Waals surface area contributed by atoms with Crippen molar-refractivity contribution in [1.82, 2.24) is 0 Å². The van der Waals surface area contributed by atoms with Gasteiger partial charge in [0.25, 0.3) is 0 Å². The standard InChI is InChI=1S/C13H24O2S/c1-11(14)2-3-12-4-7-15-13(10-12)5-8-16-9-6-13/h11-12,14H,2-10H2,1H3. The van der Waals surface area contributed by atoms with Crippen molar-refractivity contribution in [3.63, 3.8) is 0 Å². The molecule has 0 aromatic rings. The number of thioether (sulfide) groups is 1. The molecule has 2 rings (SSSR count). The lowest BCUT2D eigenvalue weighted by Gasteiger charge is -2.43. The number of aliphatic hydroxyl groups excluding tert-OH is 1. The van der Waals surface area contributed by atoms with E-state index >= 15 is 0 Å².